The molecular weight excluding hydrogens is 208 g/mol. The largest absolute Gasteiger partial charge is 0.507 e. The first-order valence-corrected chi connectivity index (χ1v) is 4.95. The summed E-state index contributed by atoms with van der Waals surface area (Å²) < 4.78 is 80.4. The summed E-state index contributed by atoms with van der Waals surface area (Å²) in [5, 5.41) is 4.51. The van der Waals surface area contributed by atoms with E-state index in [1.807, 2.05) is 0 Å². The van der Waals surface area contributed by atoms with Gasteiger partial charge in [0, 0.05) is 10.9 Å². The third-order valence-corrected chi connectivity index (χ3v) is 2.84. The molecule has 0 fully saturated rings. The molecule has 0 heterocycles. The van der Waals surface area contributed by atoms with E-state index >= 15 is 0 Å². The van der Waals surface area contributed by atoms with E-state index < -0.39 is 54.4 Å². The highest BCUT2D eigenvalue weighted by atomic mass is 16.3. The molecule has 1 N–H and O–H groups in total. The number of aromatic hydroxyl groups is 1. The van der Waals surface area contributed by atoms with E-state index in [1.54, 1.807) is 0 Å². The van der Waals surface area contributed by atoms with Crippen molar-refractivity contribution in [2.24, 2.45) is 0 Å². The number of benzene rings is 3. The van der Waals surface area contributed by atoms with Crippen LogP contribution in [0.5, 0.6) is 5.75 Å². The van der Waals surface area contributed by atoms with Crippen molar-refractivity contribution in [2.45, 2.75) is 0 Å². The fraction of sp³-hybridized carbons (Fsp3) is 0. The molecule has 0 saturated heterocycles. The van der Waals surface area contributed by atoms with Gasteiger partial charge in [-0.3, -0.25) is 0 Å². The SMILES string of the molecule is [2H]Oc1c([2H])c([2H])c2c([2H])c([2H])c([2H])c3c2c1-c1c([2H])c([2H])c([2H])c([2H])c1-3. The molecule has 0 aliphatic heterocycles. The van der Waals surface area contributed by atoms with Crippen LogP contribution in [-0.2, 0) is 0 Å². The third-order valence-electron chi connectivity index (χ3n) is 2.84. The van der Waals surface area contributed by atoms with Crippen LogP contribution in [0.2, 0.25) is 0 Å². The summed E-state index contributed by atoms with van der Waals surface area (Å²) in [6.45, 7) is 0. The maximum Gasteiger partial charge on any atom is 0.293 e. The van der Waals surface area contributed by atoms with Gasteiger partial charge in [-0.1, -0.05) is 48.3 Å². The van der Waals surface area contributed by atoms with Crippen molar-refractivity contribution in [3.63, 3.8) is 0 Å². The fourth-order valence-electron chi connectivity index (χ4n) is 2.16. The first-order chi connectivity index (χ1) is 12.6. The van der Waals surface area contributed by atoms with Crippen molar-refractivity contribution in [1.29, 1.82) is 1.43 Å². The molecule has 1 aliphatic carbocycles. The van der Waals surface area contributed by atoms with Gasteiger partial charge < -0.3 is 5.11 Å². The molecule has 1 aliphatic rings. The Balaban J connectivity index is 2.45. The quantitative estimate of drug-likeness (QED) is 0.518. The minimum Gasteiger partial charge on any atom is -0.507 e. The Kier molecular flexibility index (Phi) is 0.613. The highest BCUT2D eigenvalue weighted by Gasteiger charge is 2.22. The number of hydrogen-bond donors (Lipinski definition) is 1. The molecule has 1 heteroatoms. The summed E-state index contributed by atoms with van der Waals surface area (Å²) in [5.74, 6) is -0.380. The monoisotopic (exact) mass is 228 g/mol. The zero-order valence-corrected chi connectivity index (χ0v) is 8.41. The Morgan fingerprint density at radius 1 is 0.824 bits per heavy atom. The zero-order valence-electron chi connectivity index (χ0n) is 18.4. The van der Waals surface area contributed by atoms with Crippen LogP contribution < -0.4 is 0 Å². The molecule has 1 nitrogen and oxygen atoms in total. The number of phenols is 1. The predicted octanol–water partition coefficient (Wildman–Crippen LogP) is 4.19. The molecule has 0 saturated carbocycles. The van der Waals surface area contributed by atoms with Crippen LogP contribution in [0, 0.1) is 0 Å². The topological polar surface area (TPSA) is 20.2 Å². The van der Waals surface area contributed by atoms with Gasteiger partial charge >= 0.3 is 0 Å². The summed E-state index contributed by atoms with van der Waals surface area (Å²) in [7, 11) is 0. The van der Waals surface area contributed by atoms with Crippen molar-refractivity contribution in [3.8, 4) is 28.0 Å². The molecule has 0 bridgehead atoms. The molecule has 80 valence electrons. The van der Waals surface area contributed by atoms with Crippen LogP contribution >= 0.6 is 0 Å². The molecule has 0 aromatic heterocycles. The van der Waals surface area contributed by atoms with Crippen molar-refractivity contribution < 1.29 is 17.4 Å². The molecule has 0 radical (unpaired) electrons. The number of phenolic OH excluding ortho intramolecular Hbond substituents is 1. The van der Waals surface area contributed by atoms with E-state index in [4.69, 9.17) is 13.8 Å². The first-order valence-electron chi connectivity index (χ1n) is 9.86. The van der Waals surface area contributed by atoms with Crippen molar-refractivity contribution in [2.75, 3.05) is 0 Å². The van der Waals surface area contributed by atoms with E-state index in [9.17, 15) is 0 Å². The van der Waals surface area contributed by atoms with Gasteiger partial charge in [0.15, 0.2) is 0 Å². The van der Waals surface area contributed by atoms with Crippen LogP contribution in [0.1, 0.15) is 12.3 Å². The van der Waals surface area contributed by atoms with Crippen LogP contribution in [-0.4, -0.2) is 6.54 Å². The van der Waals surface area contributed by atoms with Gasteiger partial charge in [-0.15, -0.1) is 0 Å². The molecule has 0 unspecified atom stereocenters. The molecule has 3 aromatic rings. The average molecular weight is 228 g/mol. The summed E-state index contributed by atoms with van der Waals surface area (Å²) in [6, 6.07) is -4.26. The molecule has 0 amide bonds. The molecule has 0 spiro atoms. The van der Waals surface area contributed by atoms with Crippen molar-refractivity contribution in [1.82, 2.24) is 0 Å². The number of fused-ring (bicyclic) bond motifs is 3. The molecule has 17 heavy (non-hydrogen) atoms. The lowest BCUT2D eigenvalue weighted by molar-refractivity contribution is 0.478. The summed E-state index contributed by atoms with van der Waals surface area (Å²) >= 11 is 0. The Bertz CT molecular complexity index is 1200. The summed E-state index contributed by atoms with van der Waals surface area (Å²) in [5.41, 5.74) is -0.104. The lowest BCUT2D eigenvalue weighted by atomic mass is 10.0. The second kappa shape index (κ2) is 2.89. The molecule has 0 atom stereocenters. The summed E-state index contributed by atoms with van der Waals surface area (Å²) in [4.78, 5) is 0. The molecular formula is C16H10O. The van der Waals surface area contributed by atoms with E-state index in [0.29, 0.717) is 0 Å². The third kappa shape index (κ3) is 0.986. The first kappa shape index (κ1) is 3.61. The highest BCUT2D eigenvalue weighted by molar-refractivity contribution is 6.16. The van der Waals surface area contributed by atoms with Crippen LogP contribution in [0.15, 0.2) is 54.4 Å². The van der Waals surface area contributed by atoms with Gasteiger partial charge in [-0.2, -0.15) is 0 Å². The standard InChI is InChI=1S/C16H10O/c17-14-9-8-10-4-3-7-12-11-5-1-2-6-13(11)16(14)15(10)12/h1-9,17H/i1D,2D,3D,4D,5D,6D,7D,8D,9D/hD. The number of hydrogen-bond acceptors (Lipinski definition) is 1. The van der Waals surface area contributed by atoms with E-state index in [-0.39, 0.29) is 38.8 Å². The maximum absolute atomic E-state index is 8.27. The van der Waals surface area contributed by atoms with E-state index in [2.05, 4.69) is 5.11 Å². The number of rotatable bonds is 1. The molecule has 4 rings (SSSR count). The van der Waals surface area contributed by atoms with Gasteiger partial charge in [0.2, 0.25) is 0 Å². The van der Waals surface area contributed by atoms with Crippen LogP contribution in [0.4, 0.5) is 0 Å². The lowest BCUT2D eigenvalue weighted by Crippen LogP contribution is -1.76. The summed E-state index contributed by atoms with van der Waals surface area (Å²) in [6.07, 6.45) is 0. The Morgan fingerprint density at radius 2 is 1.65 bits per heavy atom. The second-order valence-electron chi connectivity index (χ2n) is 3.70. The van der Waals surface area contributed by atoms with E-state index in [1.165, 1.54) is 0 Å². The zero-order chi connectivity index (χ0) is 19.9. The minimum absolute atomic E-state index is 0.00481. The van der Waals surface area contributed by atoms with Gasteiger partial charge in [0.25, 0.3) is 1.43 Å². The maximum atomic E-state index is 8.27. The smallest absolute Gasteiger partial charge is 0.293 e. The van der Waals surface area contributed by atoms with Crippen molar-refractivity contribution in [3.05, 3.63) is 54.4 Å². The normalized spacial score (nSPS) is 19.8. The van der Waals surface area contributed by atoms with E-state index in [0.717, 1.165) is 0 Å². The lowest BCUT2D eigenvalue weighted by Gasteiger charge is -2.04. The molecule has 3 aromatic carbocycles. The van der Waals surface area contributed by atoms with Gasteiger partial charge in [-0.05, 0) is 28.1 Å². The van der Waals surface area contributed by atoms with Crippen LogP contribution in [0.3, 0.4) is 0 Å². The van der Waals surface area contributed by atoms with Gasteiger partial charge in [-0.25, -0.2) is 0 Å². The Labute approximate surface area is 113 Å². The highest BCUT2D eigenvalue weighted by Crippen LogP contribution is 2.50. The van der Waals surface area contributed by atoms with Gasteiger partial charge in [0.1, 0.15) is 5.75 Å². The fourth-order valence-corrected chi connectivity index (χ4v) is 2.16. The second-order valence-corrected chi connectivity index (χ2v) is 3.70. The Morgan fingerprint density at radius 3 is 2.53 bits per heavy atom. The average Bonchev–Trinajstić information content (AvgIpc) is 2.99. The van der Waals surface area contributed by atoms with Crippen LogP contribution in [0.25, 0.3) is 33.0 Å². The minimum atomic E-state index is -0.527. The van der Waals surface area contributed by atoms with Crippen molar-refractivity contribution >= 4 is 10.8 Å². The van der Waals surface area contributed by atoms with Gasteiger partial charge in [0.05, 0.1) is 12.3 Å². The predicted molar refractivity (Wildman–Crippen MR) is 70.0 cm³/mol. The Hall–Kier alpha value is -2.28.